The topological polar surface area (TPSA) is 59.1 Å². The van der Waals surface area contributed by atoms with Crippen LogP contribution in [0.2, 0.25) is 0 Å². The van der Waals surface area contributed by atoms with Crippen LogP contribution >= 0.6 is 0 Å². The second-order valence-electron chi connectivity index (χ2n) is 4.04. The zero-order chi connectivity index (χ0) is 11.4. The number of piperidine rings is 1. The number of pyridine rings is 1. The van der Waals surface area contributed by atoms with Gasteiger partial charge in [0.05, 0.1) is 6.04 Å². The largest absolute Gasteiger partial charge is 0.306 e. The molecule has 1 N–H and O–H groups in total. The third kappa shape index (κ3) is 2.33. The van der Waals surface area contributed by atoms with Gasteiger partial charge in [-0.05, 0) is 36.5 Å². The second kappa shape index (κ2) is 4.99. The summed E-state index contributed by atoms with van der Waals surface area (Å²) in [6, 6.07) is 3.71. The average Bonchev–Trinajstić information content (AvgIpc) is 2.39. The highest BCUT2D eigenvalue weighted by molar-refractivity contribution is 6.27. The number of nitrogens with zero attached hydrogens (tertiary/aromatic N) is 1. The van der Waals surface area contributed by atoms with Crippen LogP contribution in [-0.2, 0) is 9.59 Å². The monoisotopic (exact) mass is 218 g/mol. The van der Waals surface area contributed by atoms with E-state index in [2.05, 4.69) is 10.3 Å². The van der Waals surface area contributed by atoms with Gasteiger partial charge in [-0.1, -0.05) is 0 Å². The minimum Gasteiger partial charge on any atom is -0.306 e. The van der Waals surface area contributed by atoms with Gasteiger partial charge >= 0.3 is 0 Å². The molecule has 4 nitrogen and oxygen atoms in total. The van der Waals surface area contributed by atoms with E-state index in [4.69, 9.17) is 0 Å². The van der Waals surface area contributed by atoms with Gasteiger partial charge in [-0.25, -0.2) is 0 Å². The highest BCUT2D eigenvalue weighted by Gasteiger charge is 2.25. The SMILES string of the molecule is O=CC(=O)C1CCC(c2ccncc2)CN1. The first-order valence-electron chi connectivity index (χ1n) is 5.43. The molecule has 2 rings (SSSR count). The van der Waals surface area contributed by atoms with Gasteiger partial charge in [-0.2, -0.15) is 0 Å². The number of nitrogens with one attached hydrogen (secondary N) is 1. The van der Waals surface area contributed by atoms with Crippen LogP contribution in [0.5, 0.6) is 0 Å². The van der Waals surface area contributed by atoms with Crippen molar-refractivity contribution in [2.75, 3.05) is 6.54 Å². The average molecular weight is 218 g/mol. The summed E-state index contributed by atoms with van der Waals surface area (Å²) in [5.74, 6) is 0.0758. The van der Waals surface area contributed by atoms with E-state index in [0.29, 0.717) is 12.2 Å². The molecule has 1 aliphatic heterocycles. The van der Waals surface area contributed by atoms with E-state index < -0.39 is 0 Å². The van der Waals surface area contributed by atoms with Crippen LogP contribution in [-0.4, -0.2) is 29.6 Å². The second-order valence-corrected chi connectivity index (χ2v) is 4.04. The molecule has 1 aliphatic rings. The van der Waals surface area contributed by atoms with E-state index in [1.807, 2.05) is 12.1 Å². The molecule has 16 heavy (non-hydrogen) atoms. The maximum atomic E-state index is 11.2. The molecular formula is C12H14N2O2. The van der Waals surface area contributed by atoms with Crippen molar-refractivity contribution >= 4 is 12.1 Å². The predicted octanol–water partition coefficient (Wildman–Crippen LogP) is 0.685. The molecular weight excluding hydrogens is 204 g/mol. The summed E-state index contributed by atoms with van der Waals surface area (Å²) in [6.45, 7) is 0.744. The van der Waals surface area contributed by atoms with E-state index in [1.165, 1.54) is 5.56 Å². The summed E-state index contributed by atoms with van der Waals surface area (Å²) in [5, 5.41) is 3.12. The third-order valence-electron chi connectivity index (χ3n) is 3.05. The number of Topliss-reactive ketones (excluding diaryl/α,β-unsaturated/α-hetero) is 1. The van der Waals surface area contributed by atoms with E-state index in [-0.39, 0.29) is 11.8 Å². The Bertz CT molecular complexity index is 370. The Morgan fingerprint density at radius 2 is 2.12 bits per heavy atom. The Morgan fingerprint density at radius 3 is 2.69 bits per heavy atom. The number of aldehydes is 1. The number of carbonyl (C=O) groups excluding carboxylic acids is 2. The van der Waals surface area contributed by atoms with Crippen molar-refractivity contribution in [2.24, 2.45) is 0 Å². The van der Waals surface area contributed by atoms with Crippen LogP contribution in [0.15, 0.2) is 24.5 Å². The summed E-state index contributed by atoms with van der Waals surface area (Å²) >= 11 is 0. The van der Waals surface area contributed by atoms with Crippen molar-refractivity contribution in [3.05, 3.63) is 30.1 Å². The first kappa shape index (κ1) is 11.0. The van der Waals surface area contributed by atoms with E-state index in [9.17, 15) is 9.59 Å². The van der Waals surface area contributed by atoms with E-state index in [1.54, 1.807) is 12.4 Å². The van der Waals surface area contributed by atoms with Gasteiger partial charge in [0.15, 0.2) is 6.29 Å². The number of hydrogen-bond acceptors (Lipinski definition) is 4. The van der Waals surface area contributed by atoms with Gasteiger partial charge in [0.25, 0.3) is 0 Å². The van der Waals surface area contributed by atoms with Crippen LogP contribution in [0.25, 0.3) is 0 Å². The molecule has 0 radical (unpaired) electrons. The zero-order valence-electron chi connectivity index (χ0n) is 8.93. The summed E-state index contributed by atoms with van der Waals surface area (Å²) in [6.07, 6.45) is 5.62. The standard InChI is InChI=1S/C12H14N2O2/c15-8-12(16)11-2-1-10(7-14-11)9-3-5-13-6-4-9/h3-6,8,10-11,14H,1-2,7H2. The fourth-order valence-electron chi connectivity index (χ4n) is 2.10. The number of ketones is 1. The van der Waals surface area contributed by atoms with Crippen molar-refractivity contribution in [3.63, 3.8) is 0 Å². The van der Waals surface area contributed by atoms with Crippen molar-refractivity contribution in [3.8, 4) is 0 Å². The summed E-state index contributed by atoms with van der Waals surface area (Å²) in [7, 11) is 0. The molecule has 0 amide bonds. The molecule has 1 aromatic heterocycles. The lowest BCUT2D eigenvalue weighted by Gasteiger charge is -2.28. The minimum absolute atomic E-state index is 0.282. The van der Waals surface area contributed by atoms with Crippen LogP contribution < -0.4 is 5.32 Å². The molecule has 0 aromatic carbocycles. The lowest BCUT2D eigenvalue weighted by atomic mass is 9.88. The first-order chi connectivity index (χ1) is 7.81. The highest BCUT2D eigenvalue weighted by atomic mass is 16.2. The van der Waals surface area contributed by atoms with Crippen LogP contribution in [0.3, 0.4) is 0 Å². The van der Waals surface area contributed by atoms with Crippen LogP contribution in [0.1, 0.15) is 24.3 Å². The predicted molar refractivity (Wildman–Crippen MR) is 59.1 cm³/mol. The number of rotatable bonds is 3. The van der Waals surface area contributed by atoms with Gasteiger partial charge in [0.2, 0.25) is 5.78 Å². The van der Waals surface area contributed by atoms with Crippen LogP contribution in [0.4, 0.5) is 0 Å². The first-order valence-corrected chi connectivity index (χ1v) is 5.43. The fraction of sp³-hybridized carbons (Fsp3) is 0.417. The van der Waals surface area contributed by atoms with E-state index >= 15 is 0 Å². The summed E-state index contributed by atoms with van der Waals surface area (Å²) in [5.41, 5.74) is 1.24. The molecule has 0 saturated carbocycles. The molecule has 2 atom stereocenters. The Hall–Kier alpha value is -1.55. The smallest absolute Gasteiger partial charge is 0.212 e. The van der Waals surface area contributed by atoms with Gasteiger partial charge in [0, 0.05) is 18.9 Å². The van der Waals surface area contributed by atoms with Gasteiger partial charge in [-0.15, -0.1) is 0 Å². The fourth-order valence-corrected chi connectivity index (χ4v) is 2.10. The number of hydrogen-bond donors (Lipinski definition) is 1. The van der Waals surface area contributed by atoms with Gasteiger partial charge in [0.1, 0.15) is 0 Å². The zero-order valence-corrected chi connectivity index (χ0v) is 8.93. The molecule has 0 aliphatic carbocycles. The quantitative estimate of drug-likeness (QED) is 0.599. The lowest BCUT2D eigenvalue weighted by Crippen LogP contribution is -2.43. The molecule has 1 saturated heterocycles. The number of carbonyl (C=O) groups is 2. The molecule has 0 bridgehead atoms. The Balaban J connectivity index is 1.95. The Morgan fingerprint density at radius 1 is 1.38 bits per heavy atom. The molecule has 4 heteroatoms. The van der Waals surface area contributed by atoms with Gasteiger partial charge in [-0.3, -0.25) is 14.6 Å². The lowest BCUT2D eigenvalue weighted by molar-refractivity contribution is -0.131. The molecule has 2 unspecified atom stereocenters. The van der Waals surface area contributed by atoms with Crippen molar-refractivity contribution in [1.29, 1.82) is 0 Å². The maximum absolute atomic E-state index is 11.2. The number of aromatic nitrogens is 1. The molecule has 1 fully saturated rings. The van der Waals surface area contributed by atoms with Crippen LogP contribution in [0, 0.1) is 0 Å². The molecule has 2 heterocycles. The molecule has 1 aromatic rings. The summed E-state index contributed by atoms with van der Waals surface area (Å²) < 4.78 is 0. The van der Waals surface area contributed by atoms with Crippen molar-refractivity contribution < 1.29 is 9.59 Å². The molecule has 84 valence electrons. The normalized spacial score (nSPS) is 25.0. The minimum atomic E-state index is -0.340. The summed E-state index contributed by atoms with van der Waals surface area (Å²) in [4.78, 5) is 25.5. The Labute approximate surface area is 94.1 Å². The molecule has 0 spiro atoms. The highest BCUT2D eigenvalue weighted by Crippen LogP contribution is 2.24. The van der Waals surface area contributed by atoms with Gasteiger partial charge < -0.3 is 5.32 Å². The third-order valence-corrected chi connectivity index (χ3v) is 3.05. The Kier molecular flexibility index (Phi) is 3.41. The maximum Gasteiger partial charge on any atom is 0.212 e. The van der Waals surface area contributed by atoms with E-state index in [0.717, 1.165) is 19.4 Å². The van der Waals surface area contributed by atoms with Crippen molar-refractivity contribution in [1.82, 2.24) is 10.3 Å². The van der Waals surface area contributed by atoms with Crippen molar-refractivity contribution in [2.45, 2.75) is 24.8 Å².